The summed E-state index contributed by atoms with van der Waals surface area (Å²) >= 11 is 0. The van der Waals surface area contributed by atoms with Gasteiger partial charge in [-0.2, -0.15) is 0 Å². The van der Waals surface area contributed by atoms with Crippen LogP contribution >= 0.6 is 0 Å². The van der Waals surface area contributed by atoms with E-state index < -0.39 is 10.0 Å². The summed E-state index contributed by atoms with van der Waals surface area (Å²) in [6.45, 7) is 1.27. The summed E-state index contributed by atoms with van der Waals surface area (Å²) in [6.07, 6.45) is 3.72. The zero-order valence-electron chi connectivity index (χ0n) is 13.0. The number of nitrogens with one attached hydrogen (secondary N) is 2. The molecule has 2 aromatic heterocycles. The third-order valence-corrected chi connectivity index (χ3v) is 5.78. The van der Waals surface area contributed by atoms with Gasteiger partial charge in [-0.15, -0.1) is 0 Å². The molecule has 9 heteroatoms. The summed E-state index contributed by atoms with van der Waals surface area (Å²) in [6, 6.07) is 5.39. The number of anilines is 1. The minimum Gasteiger partial charge on any atom is -0.350 e. The first-order chi connectivity index (χ1) is 11.6. The maximum atomic E-state index is 12.2. The fraction of sp³-hybridized carbons (Fsp3) is 0.267. The van der Waals surface area contributed by atoms with Crippen molar-refractivity contribution in [1.82, 2.24) is 24.7 Å². The molecule has 3 aromatic rings. The number of fused-ring (bicyclic) bond motifs is 2. The summed E-state index contributed by atoms with van der Waals surface area (Å²) in [7, 11) is -2.03. The molecule has 1 aliphatic heterocycles. The molecule has 0 aliphatic carbocycles. The lowest BCUT2D eigenvalue weighted by molar-refractivity contribution is 0.585. The highest BCUT2D eigenvalue weighted by Gasteiger charge is 2.25. The zero-order chi connectivity index (χ0) is 16.7. The monoisotopic (exact) mass is 344 g/mol. The molecule has 0 saturated carbocycles. The highest BCUT2D eigenvalue weighted by molar-refractivity contribution is 7.89. The van der Waals surface area contributed by atoms with E-state index in [1.807, 2.05) is 6.07 Å². The molecule has 0 fully saturated rings. The molecule has 0 saturated heterocycles. The first kappa shape index (κ1) is 15.0. The predicted octanol–water partition coefficient (Wildman–Crippen LogP) is 0.824. The molecular weight excluding hydrogens is 328 g/mol. The standard InChI is InChI=1S/C15H16N6O2S/c1-16-24(22,23)12-4-2-3-10-7-21(6-5-11(10)12)15-13-14(18-8-17-13)19-9-20-15/h2-4,8-9,16H,5-7H2,1H3,(H,17,18,19,20). The van der Waals surface area contributed by atoms with Gasteiger partial charge in [0.15, 0.2) is 11.5 Å². The number of rotatable bonds is 3. The predicted molar refractivity (Wildman–Crippen MR) is 89.1 cm³/mol. The number of aromatic amines is 1. The average molecular weight is 344 g/mol. The Morgan fingerprint density at radius 1 is 1.25 bits per heavy atom. The van der Waals surface area contributed by atoms with Crippen LogP contribution in [0.2, 0.25) is 0 Å². The largest absolute Gasteiger partial charge is 0.350 e. The molecule has 124 valence electrons. The van der Waals surface area contributed by atoms with Gasteiger partial charge in [0, 0.05) is 13.1 Å². The lowest BCUT2D eigenvalue weighted by atomic mass is 10.00. The third-order valence-electron chi connectivity index (χ3n) is 4.28. The van der Waals surface area contributed by atoms with Crippen molar-refractivity contribution in [3.63, 3.8) is 0 Å². The van der Waals surface area contributed by atoms with Gasteiger partial charge in [0.25, 0.3) is 0 Å². The Hall–Kier alpha value is -2.52. The van der Waals surface area contributed by atoms with E-state index in [2.05, 4.69) is 29.6 Å². The Morgan fingerprint density at radius 2 is 2.12 bits per heavy atom. The van der Waals surface area contributed by atoms with E-state index in [1.165, 1.54) is 13.4 Å². The number of hydrogen-bond donors (Lipinski definition) is 2. The van der Waals surface area contributed by atoms with Crippen molar-refractivity contribution >= 4 is 27.0 Å². The number of H-pyrrole nitrogens is 1. The van der Waals surface area contributed by atoms with Crippen LogP contribution in [0.5, 0.6) is 0 Å². The number of imidazole rings is 1. The summed E-state index contributed by atoms with van der Waals surface area (Å²) < 4.78 is 26.8. The van der Waals surface area contributed by atoms with Gasteiger partial charge in [0.05, 0.1) is 11.2 Å². The number of sulfonamides is 1. The van der Waals surface area contributed by atoms with E-state index >= 15 is 0 Å². The van der Waals surface area contributed by atoms with Gasteiger partial charge >= 0.3 is 0 Å². The van der Waals surface area contributed by atoms with Crippen LogP contribution in [0.3, 0.4) is 0 Å². The fourth-order valence-electron chi connectivity index (χ4n) is 3.11. The smallest absolute Gasteiger partial charge is 0.240 e. The maximum absolute atomic E-state index is 12.2. The average Bonchev–Trinajstić information content (AvgIpc) is 3.09. The number of hydrogen-bond acceptors (Lipinski definition) is 6. The summed E-state index contributed by atoms with van der Waals surface area (Å²) in [5.74, 6) is 0.782. The fourth-order valence-corrected chi connectivity index (χ4v) is 4.14. The molecule has 0 radical (unpaired) electrons. The molecule has 8 nitrogen and oxygen atoms in total. The molecule has 1 aliphatic rings. The summed E-state index contributed by atoms with van der Waals surface area (Å²) in [4.78, 5) is 18.2. The van der Waals surface area contributed by atoms with Crippen molar-refractivity contribution in [2.75, 3.05) is 18.5 Å². The Balaban J connectivity index is 1.75. The normalized spacial score (nSPS) is 14.8. The highest BCUT2D eigenvalue weighted by atomic mass is 32.2. The van der Waals surface area contributed by atoms with E-state index in [0.29, 0.717) is 30.1 Å². The molecular formula is C15H16N6O2S. The SMILES string of the molecule is CNS(=O)(=O)c1cccc2c1CCN(c1ncnc3nc[nH]c13)C2. The summed E-state index contributed by atoms with van der Waals surface area (Å²) in [5, 5.41) is 0. The topological polar surface area (TPSA) is 104 Å². The maximum Gasteiger partial charge on any atom is 0.240 e. The van der Waals surface area contributed by atoms with Crippen molar-refractivity contribution in [1.29, 1.82) is 0 Å². The van der Waals surface area contributed by atoms with Crippen molar-refractivity contribution in [2.45, 2.75) is 17.9 Å². The Morgan fingerprint density at radius 3 is 2.96 bits per heavy atom. The minimum atomic E-state index is -3.46. The molecule has 0 amide bonds. The van der Waals surface area contributed by atoms with E-state index in [0.717, 1.165) is 22.5 Å². The Kier molecular flexibility index (Phi) is 3.47. The number of benzene rings is 1. The van der Waals surface area contributed by atoms with Gasteiger partial charge in [0.2, 0.25) is 10.0 Å². The van der Waals surface area contributed by atoms with E-state index in [-0.39, 0.29) is 0 Å². The lowest BCUT2D eigenvalue weighted by Gasteiger charge is -2.30. The van der Waals surface area contributed by atoms with Crippen LogP contribution in [-0.2, 0) is 23.0 Å². The van der Waals surface area contributed by atoms with Crippen LogP contribution in [-0.4, -0.2) is 41.9 Å². The number of aromatic nitrogens is 4. The second-order valence-electron chi connectivity index (χ2n) is 5.57. The zero-order valence-corrected chi connectivity index (χ0v) is 13.8. The van der Waals surface area contributed by atoms with Crippen molar-refractivity contribution in [3.05, 3.63) is 42.0 Å². The molecule has 0 unspecified atom stereocenters. The molecule has 0 atom stereocenters. The van der Waals surface area contributed by atoms with Crippen LogP contribution in [0.15, 0.2) is 35.7 Å². The van der Waals surface area contributed by atoms with E-state index in [4.69, 9.17) is 0 Å². The van der Waals surface area contributed by atoms with Crippen LogP contribution in [0.4, 0.5) is 5.82 Å². The van der Waals surface area contributed by atoms with Crippen LogP contribution in [0, 0.1) is 0 Å². The summed E-state index contributed by atoms with van der Waals surface area (Å²) in [5.41, 5.74) is 3.28. The van der Waals surface area contributed by atoms with Crippen LogP contribution in [0.25, 0.3) is 11.2 Å². The van der Waals surface area contributed by atoms with Crippen molar-refractivity contribution in [2.24, 2.45) is 0 Å². The van der Waals surface area contributed by atoms with Gasteiger partial charge in [-0.25, -0.2) is 28.1 Å². The van der Waals surface area contributed by atoms with Gasteiger partial charge in [-0.3, -0.25) is 0 Å². The van der Waals surface area contributed by atoms with E-state index in [9.17, 15) is 8.42 Å². The Bertz CT molecular complexity index is 1010. The quantitative estimate of drug-likeness (QED) is 0.729. The first-order valence-electron chi connectivity index (χ1n) is 7.53. The van der Waals surface area contributed by atoms with Gasteiger partial charge < -0.3 is 9.88 Å². The molecule has 1 aromatic carbocycles. The highest BCUT2D eigenvalue weighted by Crippen LogP contribution is 2.29. The number of nitrogens with zero attached hydrogens (tertiary/aromatic N) is 4. The van der Waals surface area contributed by atoms with Crippen LogP contribution < -0.4 is 9.62 Å². The molecule has 2 N–H and O–H groups in total. The Labute approximate surface area is 139 Å². The van der Waals surface area contributed by atoms with Gasteiger partial charge in [0.1, 0.15) is 11.8 Å². The molecule has 0 bridgehead atoms. The van der Waals surface area contributed by atoms with Gasteiger partial charge in [-0.05, 0) is 30.7 Å². The third kappa shape index (κ3) is 2.33. The van der Waals surface area contributed by atoms with Crippen LogP contribution in [0.1, 0.15) is 11.1 Å². The minimum absolute atomic E-state index is 0.358. The lowest BCUT2D eigenvalue weighted by Crippen LogP contribution is -2.33. The van der Waals surface area contributed by atoms with Crippen molar-refractivity contribution in [3.8, 4) is 0 Å². The second kappa shape index (κ2) is 5.53. The van der Waals surface area contributed by atoms with Gasteiger partial charge in [-0.1, -0.05) is 12.1 Å². The molecule has 24 heavy (non-hydrogen) atoms. The second-order valence-corrected chi connectivity index (χ2v) is 7.43. The van der Waals surface area contributed by atoms with E-state index in [1.54, 1.807) is 18.5 Å². The molecule has 0 spiro atoms. The first-order valence-corrected chi connectivity index (χ1v) is 9.02. The molecule has 4 rings (SSSR count). The van der Waals surface area contributed by atoms with Crippen molar-refractivity contribution < 1.29 is 8.42 Å². The molecule has 3 heterocycles.